The summed E-state index contributed by atoms with van der Waals surface area (Å²) < 4.78 is 10.9. The Hall–Kier alpha value is -2.37. The van der Waals surface area contributed by atoms with E-state index in [1.54, 1.807) is 4.90 Å². The molecule has 2 heterocycles. The second kappa shape index (κ2) is 5.44. The van der Waals surface area contributed by atoms with Gasteiger partial charge in [0.1, 0.15) is 5.75 Å². The first kappa shape index (κ1) is 14.6. The van der Waals surface area contributed by atoms with E-state index in [1.165, 1.54) is 0 Å². The summed E-state index contributed by atoms with van der Waals surface area (Å²) in [4.78, 5) is 17.5. The molecule has 1 aliphatic heterocycles. The molecule has 2 aromatic rings. The minimum atomic E-state index is -0.178. The van der Waals surface area contributed by atoms with Gasteiger partial charge in [0.15, 0.2) is 6.61 Å². The second-order valence-electron chi connectivity index (χ2n) is 6.35. The van der Waals surface area contributed by atoms with Gasteiger partial charge in [0, 0.05) is 30.1 Å². The summed E-state index contributed by atoms with van der Waals surface area (Å²) in [5.74, 6) is 1.92. The molecule has 1 fully saturated rings. The van der Waals surface area contributed by atoms with E-state index < -0.39 is 0 Å². The van der Waals surface area contributed by atoms with Gasteiger partial charge >= 0.3 is 0 Å². The zero-order valence-electron chi connectivity index (χ0n) is 13.0. The van der Waals surface area contributed by atoms with Gasteiger partial charge in [-0.25, -0.2) is 0 Å². The molecule has 1 aliphatic rings. The van der Waals surface area contributed by atoms with Crippen molar-refractivity contribution in [3.8, 4) is 5.75 Å². The average molecular weight is 301 g/mol. The number of amides is 1. The number of ether oxygens (including phenoxy) is 1. The van der Waals surface area contributed by atoms with Crippen molar-refractivity contribution in [2.45, 2.75) is 39.2 Å². The van der Waals surface area contributed by atoms with Gasteiger partial charge in [0.05, 0.1) is 0 Å². The monoisotopic (exact) mass is 301 g/mol. The second-order valence-corrected chi connectivity index (χ2v) is 6.35. The zero-order chi connectivity index (χ0) is 15.7. The van der Waals surface area contributed by atoms with Crippen LogP contribution in [0.3, 0.4) is 0 Å². The van der Waals surface area contributed by atoms with E-state index in [4.69, 9.17) is 9.26 Å². The number of hydrogen-bond donors (Lipinski definition) is 0. The first-order valence-corrected chi connectivity index (χ1v) is 7.30. The third kappa shape index (κ3) is 2.95. The van der Waals surface area contributed by atoms with Crippen LogP contribution in [-0.2, 0) is 16.8 Å². The van der Waals surface area contributed by atoms with Gasteiger partial charge in [-0.1, -0.05) is 32.0 Å². The lowest BCUT2D eigenvalue weighted by Gasteiger charge is -2.30. The normalized spacial score (nSPS) is 14.9. The van der Waals surface area contributed by atoms with E-state index in [0.717, 1.165) is 12.2 Å². The van der Waals surface area contributed by atoms with Crippen molar-refractivity contribution in [2.75, 3.05) is 11.4 Å². The molecule has 1 aromatic heterocycles. The first-order chi connectivity index (χ1) is 10.4. The van der Waals surface area contributed by atoms with Crippen LogP contribution in [-0.4, -0.2) is 22.6 Å². The van der Waals surface area contributed by atoms with Crippen molar-refractivity contribution in [3.63, 3.8) is 0 Å². The van der Waals surface area contributed by atoms with Crippen molar-refractivity contribution >= 4 is 11.6 Å². The third-order valence-corrected chi connectivity index (χ3v) is 3.46. The molecule has 0 bridgehead atoms. The molecule has 0 spiro atoms. The summed E-state index contributed by atoms with van der Waals surface area (Å²) >= 11 is 0. The van der Waals surface area contributed by atoms with Gasteiger partial charge in [0.2, 0.25) is 17.6 Å². The summed E-state index contributed by atoms with van der Waals surface area (Å²) in [5, 5.41) is 3.92. The maximum atomic E-state index is 11.5. The maximum absolute atomic E-state index is 11.5. The highest BCUT2D eigenvalue weighted by molar-refractivity contribution is 5.99. The predicted molar refractivity (Wildman–Crippen MR) is 80.7 cm³/mol. The lowest BCUT2D eigenvalue weighted by Crippen LogP contribution is -2.43. The highest BCUT2D eigenvalue weighted by Crippen LogP contribution is 2.26. The molecule has 0 aliphatic carbocycles. The molecule has 22 heavy (non-hydrogen) atoms. The van der Waals surface area contributed by atoms with Gasteiger partial charge in [-0.2, -0.15) is 4.98 Å². The number of benzene rings is 1. The number of aromatic nitrogens is 2. The van der Waals surface area contributed by atoms with Crippen molar-refractivity contribution in [1.29, 1.82) is 0 Å². The molecule has 0 saturated carbocycles. The molecule has 0 radical (unpaired) electrons. The number of carbonyl (C=O) groups excluding carboxylic acids is 1. The molecule has 0 unspecified atom stereocenters. The van der Waals surface area contributed by atoms with Crippen molar-refractivity contribution < 1.29 is 14.1 Å². The smallest absolute Gasteiger partial charge is 0.232 e. The van der Waals surface area contributed by atoms with Crippen LogP contribution >= 0.6 is 0 Å². The van der Waals surface area contributed by atoms with E-state index in [0.29, 0.717) is 23.9 Å². The van der Waals surface area contributed by atoms with Gasteiger partial charge in [-0.3, -0.25) is 4.79 Å². The molecule has 116 valence electrons. The van der Waals surface area contributed by atoms with Crippen molar-refractivity contribution in [3.05, 3.63) is 36.0 Å². The van der Waals surface area contributed by atoms with E-state index in [-0.39, 0.29) is 17.9 Å². The molecule has 0 N–H and O–H groups in total. The molecule has 1 amide bonds. The average Bonchev–Trinajstić information content (AvgIpc) is 2.93. The van der Waals surface area contributed by atoms with Crippen molar-refractivity contribution in [2.24, 2.45) is 0 Å². The fraction of sp³-hybridized carbons (Fsp3) is 0.438. The SMILES string of the molecule is CC(C)(C)c1nc(COc2cccc(N3CCC3=O)c2)no1. The molecule has 6 nitrogen and oxygen atoms in total. The third-order valence-electron chi connectivity index (χ3n) is 3.46. The zero-order valence-corrected chi connectivity index (χ0v) is 13.0. The summed E-state index contributed by atoms with van der Waals surface area (Å²) in [6.07, 6.45) is 0.615. The quantitative estimate of drug-likeness (QED) is 0.812. The summed E-state index contributed by atoms with van der Waals surface area (Å²) in [6.45, 7) is 7.04. The van der Waals surface area contributed by atoms with Crippen LogP contribution in [0.2, 0.25) is 0 Å². The Morgan fingerprint density at radius 2 is 2.18 bits per heavy atom. The largest absolute Gasteiger partial charge is 0.485 e. The summed E-state index contributed by atoms with van der Waals surface area (Å²) in [7, 11) is 0. The Bertz CT molecular complexity index is 688. The number of hydrogen-bond acceptors (Lipinski definition) is 5. The minimum absolute atomic E-state index is 0.144. The maximum Gasteiger partial charge on any atom is 0.232 e. The number of anilines is 1. The number of carbonyl (C=O) groups is 1. The van der Waals surface area contributed by atoms with Crippen LogP contribution in [0.4, 0.5) is 5.69 Å². The Morgan fingerprint density at radius 1 is 1.36 bits per heavy atom. The Labute approximate surface area is 129 Å². The molecule has 0 atom stereocenters. The van der Waals surface area contributed by atoms with Gasteiger partial charge in [-0.05, 0) is 12.1 Å². The van der Waals surface area contributed by atoms with Crippen LogP contribution in [0.1, 0.15) is 38.9 Å². The topological polar surface area (TPSA) is 68.5 Å². The van der Waals surface area contributed by atoms with E-state index in [1.807, 2.05) is 45.0 Å². The number of β-lactam (4-membered cyclic amide) rings is 1. The highest BCUT2D eigenvalue weighted by Gasteiger charge is 2.25. The van der Waals surface area contributed by atoms with Crippen LogP contribution in [0, 0.1) is 0 Å². The van der Waals surface area contributed by atoms with E-state index >= 15 is 0 Å². The molecule has 1 saturated heterocycles. The highest BCUT2D eigenvalue weighted by atomic mass is 16.5. The summed E-state index contributed by atoms with van der Waals surface area (Å²) in [6, 6.07) is 7.46. The Kier molecular flexibility index (Phi) is 3.60. The lowest BCUT2D eigenvalue weighted by atomic mass is 9.97. The van der Waals surface area contributed by atoms with E-state index in [9.17, 15) is 4.79 Å². The first-order valence-electron chi connectivity index (χ1n) is 7.30. The molecule has 1 aromatic carbocycles. The number of nitrogens with zero attached hydrogens (tertiary/aromatic N) is 3. The molecular formula is C16H19N3O3. The van der Waals surface area contributed by atoms with Gasteiger partial charge in [0.25, 0.3) is 0 Å². The van der Waals surface area contributed by atoms with Crippen LogP contribution in [0.15, 0.2) is 28.8 Å². The molecule has 3 rings (SSSR count). The lowest BCUT2D eigenvalue weighted by molar-refractivity contribution is -0.122. The predicted octanol–water partition coefficient (Wildman–Crippen LogP) is 2.68. The summed E-state index contributed by atoms with van der Waals surface area (Å²) in [5.41, 5.74) is 0.681. The Morgan fingerprint density at radius 3 is 2.77 bits per heavy atom. The Balaban J connectivity index is 1.65. The number of rotatable bonds is 4. The minimum Gasteiger partial charge on any atom is -0.485 e. The van der Waals surface area contributed by atoms with Gasteiger partial charge < -0.3 is 14.2 Å². The van der Waals surface area contributed by atoms with E-state index in [2.05, 4.69) is 10.1 Å². The fourth-order valence-electron chi connectivity index (χ4n) is 2.09. The van der Waals surface area contributed by atoms with Crippen LogP contribution in [0.25, 0.3) is 0 Å². The van der Waals surface area contributed by atoms with Crippen LogP contribution < -0.4 is 9.64 Å². The molecular weight excluding hydrogens is 282 g/mol. The van der Waals surface area contributed by atoms with Crippen molar-refractivity contribution in [1.82, 2.24) is 10.1 Å². The molecule has 6 heteroatoms. The standard InChI is InChI=1S/C16H19N3O3/c1-16(2,3)15-17-13(18-22-15)10-21-12-6-4-5-11(9-12)19-8-7-14(19)20/h4-6,9H,7-8,10H2,1-3H3. The van der Waals surface area contributed by atoms with Gasteiger partial charge in [-0.15, -0.1) is 0 Å². The van der Waals surface area contributed by atoms with Crippen LogP contribution in [0.5, 0.6) is 5.75 Å². The fourth-order valence-corrected chi connectivity index (χ4v) is 2.09.